The average Bonchev–Trinajstić information content (AvgIpc) is 2.25. The highest BCUT2D eigenvalue weighted by atomic mass is 35.5. The molecule has 0 aliphatic heterocycles. The molecule has 0 radical (unpaired) electrons. The van der Waals surface area contributed by atoms with Crippen molar-refractivity contribution >= 4 is 17.5 Å². The molecular formula is C10H10ClN3O. The van der Waals surface area contributed by atoms with E-state index in [0.717, 1.165) is 0 Å². The predicted molar refractivity (Wildman–Crippen MR) is 57.4 cm³/mol. The van der Waals surface area contributed by atoms with E-state index in [0.29, 0.717) is 6.42 Å². The van der Waals surface area contributed by atoms with Crippen LogP contribution in [0.3, 0.4) is 0 Å². The van der Waals surface area contributed by atoms with E-state index < -0.39 is 0 Å². The molecule has 0 aliphatic carbocycles. The van der Waals surface area contributed by atoms with Crippen LogP contribution in [-0.4, -0.2) is 21.9 Å². The predicted octanol–water partition coefficient (Wildman–Crippen LogP) is 1.27. The highest BCUT2D eigenvalue weighted by molar-refractivity contribution is 6.29. The topological polar surface area (TPSA) is 54.9 Å². The van der Waals surface area contributed by atoms with E-state index in [1.807, 2.05) is 6.92 Å². The lowest BCUT2D eigenvalue weighted by atomic mass is 10.2. The maximum Gasteiger partial charge on any atom is 0.272 e. The number of amides is 1. The molecule has 1 atom stereocenters. The van der Waals surface area contributed by atoms with Gasteiger partial charge in [-0.3, -0.25) is 9.78 Å². The van der Waals surface area contributed by atoms with Crippen molar-refractivity contribution in [2.75, 3.05) is 0 Å². The SMILES string of the molecule is C#CC(CC)NC(=O)c1cncc(Cl)n1. The zero-order valence-electron chi connectivity index (χ0n) is 8.20. The first kappa shape index (κ1) is 11.5. The van der Waals surface area contributed by atoms with Crippen molar-refractivity contribution in [3.63, 3.8) is 0 Å². The maximum atomic E-state index is 11.6. The Hall–Kier alpha value is -1.60. The molecule has 0 saturated heterocycles. The summed E-state index contributed by atoms with van der Waals surface area (Å²) in [6, 6.07) is -0.293. The highest BCUT2D eigenvalue weighted by Crippen LogP contribution is 2.02. The van der Waals surface area contributed by atoms with Gasteiger partial charge in [0, 0.05) is 0 Å². The summed E-state index contributed by atoms with van der Waals surface area (Å²) in [7, 11) is 0. The molecule has 0 saturated carbocycles. The van der Waals surface area contributed by atoms with E-state index in [2.05, 4.69) is 21.2 Å². The van der Waals surface area contributed by atoms with Gasteiger partial charge in [-0.15, -0.1) is 6.42 Å². The van der Waals surface area contributed by atoms with Crippen LogP contribution in [0.1, 0.15) is 23.8 Å². The van der Waals surface area contributed by atoms with Gasteiger partial charge in [0.2, 0.25) is 0 Å². The zero-order valence-corrected chi connectivity index (χ0v) is 8.95. The van der Waals surface area contributed by atoms with Crippen LogP contribution in [0.2, 0.25) is 5.15 Å². The van der Waals surface area contributed by atoms with Gasteiger partial charge in [-0.05, 0) is 6.42 Å². The van der Waals surface area contributed by atoms with Crippen molar-refractivity contribution in [3.8, 4) is 12.3 Å². The summed E-state index contributed by atoms with van der Waals surface area (Å²) >= 11 is 5.60. The lowest BCUT2D eigenvalue weighted by molar-refractivity contribution is 0.0939. The van der Waals surface area contributed by atoms with Crippen molar-refractivity contribution in [1.29, 1.82) is 0 Å². The Balaban J connectivity index is 2.74. The van der Waals surface area contributed by atoms with Crippen LogP contribution < -0.4 is 5.32 Å². The van der Waals surface area contributed by atoms with Crippen LogP contribution >= 0.6 is 11.6 Å². The molecular weight excluding hydrogens is 214 g/mol. The number of halogens is 1. The largest absolute Gasteiger partial charge is 0.337 e. The summed E-state index contributed by atoms with van der Waals surface area (Å²) in [6.45, 7) is 1.88. The second kappa shape index (κ2) is 5.32. The molecule has 1 N–H and O–H groups in total. The molecule has 0 aliphatic rings. The van der Waals surface area contributed by atoms with E-state index in [1.165, 1.54) is 12.4 Å². The van der Waals surface area contributed by atoms with Crippen molar-refractivity contribution in [2.45, 2.75) is 19.4 Å². The summed E-state index contributed by atoms with van der Waals surface area (Å²) < 4.78 is 0. The Morgan fingerprint density at radius 3 is 3.00 bits per heavy atom. The zero-order chi connectivity index (χ0) is 11.3. The first-order valence-corrected chi connectivity index (χ1v) is 4.79. The summed E-state index contributed by atoms with van der Waals surface area (Å²) in [6.07, 6.45) is 8.57. The Morgan fingerprint density at radius 1 is 1.73 bits per heavy atom. The summed E-state index contributed by atoms with van der Waals surface area (Å²) in [4.78, 5) is 19.1. The average molecular weight is 224 g/mol. The monoisotopic (exact) mass is 223 g/mol. The number of nitrogens with zero attached hydrogens (tertiary/aromatic N) is 2. The van der Waals surface area contributed by atoms with Gasteiger partial charge in [0.25, 0.3) is 5.91 Å². The van der Waals surface area contributed by atoms with E-state index in [9.17, 15) is 4.79 Å². The van der Waals surface area contributed by atoms with E-state index in [4.69, 9.17) is 18.0 Å². The fourth-order valence-corrected chi connectivity index (χ4v) is 1.09. The number of aromatic nitrogens is 2. The van der Waals surface area contributed by atoms with Gasteiger partial charge in [0.15, 0.2) is 0 Å². The van der Waals surface area contributed by atoms with Crippen molar-refractivity contribution in [2.24, 2.45) is 0 Å². The maximum absolute atomic E-state index is 11.6. The number of nitrogens with one attached hydrogen (secondary N) is 1. The summed E-state index contributed by atoms with van der Waals surface area (Å²) in [5.41, 5.74) is 0.163. The van der Waals surface area contributed by atoms with E-state index >= 15 is 0 Å². The molecule has 78 valence electrons. The van der Waals surface area contributed by atoms with E-state index in [-0.39, 0.29) is 22.8 Å². The first-order valence-electron chi connectivity index (χ1n) is 4.42. The van der Waals surface area contributed by atoms with Gasteiger partial charge in [-0.1, -0.05) is 24.4 Å². The molecule has 1 rings (SSSR count). The van der Waals surface area contributed by atoms with Crippen LogP contribution in [0, 0.1) is 12.3 Å². The third-order valence-corrected chi connectivity index (χ3v) is 1.93. The molecule has 1 unspecified atom stereocenters. The van der Waals surface area contributed by atoms with Crippen LogP contribution in [-0.2, 0) is 0 Å². The normalized spacial score (nSPS) is 11.5. The number of carbonyl (C=O) groups is 1. The number of hydrogen-bond acceptors (Lipinski definition) is 3. The number of carbonyl (C=O) groups excluding carboxylic acids is 1. The Kier molecular flexibility index (Phi) is 4.07. The first-order chi connectivity index (χ1) is 7.17. The molecule has 0 bridgehead atoms. The fraction of sp³-hybridized carbons (Fsp3) is 0.300. The second-order valence-corrected chi connectivity index (χ2v) is 3.22. The van der Waals surface area contributed by atoms with Gasteiger partial charge in [0.1, 0.15) is 10.8 Å². The molecule has 0 spiro atoms. The van der Waals surface area contributed by atoms with Gasteiger partial charge in [-0.2, -0.15) is 0 Å². The lowest BCUT2D eigenvalue weighted by Crippen LogP contribution is -2.33. The molecule has 4 nitrogen and oxygen atoms in total. The third-order valence-electron chi connectivity index (χ3n) is 1.75. The number of hydrogen-bond donors (Lipinski definition) is 1. The Bertz CT molecular complexity index is 400. The standard InChI is InChI=1S/C10H10ClN3O/c1-3-7(4-2)13-10(15)8-5-12-6-9(11)14-8/h1,5-7H,4H2,2H3,(H,13,15). The molecule has 1 heterocycles. The molecule has 1 aromatic rings. The minimum Gasteiger partial charge on any atom is -0.337 e. The Morgan fingerprint density at radius 2 is 2.47 bits per heavy atom. The van der Waals surface area contributed by atoms with Crippen LogP contribution in [0.15, 0.2) is 12.4 Å². The third kappa shape index (κ3) is 3.22. The van der Waals surface area contributed by atoms with Gasteiger partial charge in [-0.25, -0.2) is 4.98 Å². The second-order valence-electron chi connectivity index (χ2n) is 2.83. The molecule has 1 amide bonds. The van der Waals surface area contributed by atoms with E-state index in [1.54, 1.807) is 0 Å². The quantitative estimate of drug-likeness (QED) is 0.786. The van der Waals surface area contributed by atoms with Crippen LogP contribution in [0.4, 0.5) is 0 Å². The molecule has 1 aromatic heterocycles. The van der Waals surface area contributed by atoms with Gasteiger partial charge < -0.3 is 5.32 Å². The molecule has 0 fully saturated rings. The summed E-state index contributed by atoms with van der Waals surface area (Å²) in [5, 5.41) is 2.80. The van der Waals surface area contributed by atoms with Crippen molar-refractivity contribution in [1.82, 2.24) is 15.3 Å². The van der Waals surface area contributed by atoms with Gasteiger partial charge >= 0.3 is 0 Å². The van der Waals surface area contributed by atoms with Crippen molar-refractivity contribution < 1.29 is 4.79 Å². The lowest BCUT2D eigenvalue weighted by Gasteiger charge is -2.09. The van der Waals surface area contributed by atoms with Crippen LogP contribution in [0.25, 0.3) is 0 Å². The fourth-order valence-electron chi connectivity index (χ4n) is 0.945. The minimum absolute atomic E-state index is 0.163. The smallest absolute Gasteiger partial charge is 0.272 e. The minimum atomic E-state index is -0.366. The molecule has 5 heteroatoms. The number of rotatable bonds is 3. The summed E-state index contributed by atoms with van der Waals surface area (Å²) in [5.74, 6) is 2.09. The van der Waals surface area contributed by atoms with Crippen molar-refractivity contribution in [3.05, 3.63) is 23.2 Å². The highest BCUT2D eigenvalue weighted by Gasteiger charge is 2.11. The van der Waals surface area contributed by atoms with Gasteiger partial charge in [0.05, 0.1) is 18.4 Å². The number of terminal acetylenes is 1. The Labute approximate surface area is 93.1 Å². The molecule has 15 heavy (non-hydrogen) atoms. The van der Waals surface area contributed by atoms with Crippen LogP contribution in [0.5, 0.6) is 0 Å². The molecule has 0 aromatic carbocycles.